The van der Waals surface area contributed by atoms with Gasteiger partial charge in [0.15, 0.2) is 11.6 Å². The van der Waals surface area contributed by atoms with Gasteiger partial charge < -0.3 is 18.6 Å². The van der Waals surface area contributed by atoms with Crippen LogP contribution in [0.1, 0.15) is 36.7 Å². The number of ether oxygens (including phenoxy) is 2. The highest BCUT2D eigenvalue weighted by molar-refractivity contribution is 5.97. The highest BCUT2D eigenvalue weighted by Crippen LogP contribution is 2.37. The minimum absolute atomic E-state index is 0.0751. The van der Waals surface area contributed by atoms with Gasteiger partial charge in [-0.05, 0) is 50.1 Å². The van der Waals surface area contributed by atoms with Crippen LogP contribution in [0.15, 0.2) is 43.0 Å². The van der Waals surface area contributed by atoms with Gasteiger partial charge in [0.1, 0.15) is 11.3 Å². The first-order valence-corrected chi connectivity index (χ1v) is 11.6. The van der Waals surface area contributed by atoms with Crippen molar-refractivity contribution in [2.24, 2.45) is 7.05 Å². The highest BCUT2D eigenvalue weighted by atomic mass is 19.3. The topological polar surface area (TPSA) is 58.3 Å². The Hall–Kier alpha value is -3.75. The normalized spacial score (nSPS) is 12.0. The van der Waals surface area contributed by atoms with Crippen molar-refractivity contribution >= 4 is 27.9 Å². The summed E-state index contributed by atoms with van der Waals surface area (Å²) in [6.07, 6.45) is 0.650. The van der Waals surface area contributed by atoms with E-state index in [9.17, 15) is 13.6 Å². The van der Waals surface area contributed by atoms with Crippen LogP contribution < -0.4 is 4.74 Å². The number of imidazole rings is 1. The molecule has 0 amide bonds. The Balaban J connectivity index is 2.00. The molecule has 0 aliphatic rings. The molecular formula is C27H28F3N3O3. The van der Waals surface area contributed by atoms with Crippen LogP contribution in [0.4, 0.5) is 13.2 Å². The fraction of sp³-hybridized carbons (Fsp3) is 0.333. The zero-order chi connectivity index (χ0) is 26.4. The van der Waals surface area contributed by atoms with E-state index in [0.29, 0.717) is 51.7 Å². The summed E-state index contributed by atoms with van der Waals surface area (Å²) in [7, 11) is 3.17. The molecule has 0 radical (unpaired) electrons. The van der Waals surface area contributed by atoms with E-state index >= 15 is 4.39 Å². The van der Waals surface area contributed by atoms with Gasteiger partial charge in [-0.15, -0.1) is 0 Å². The highest BCUT2D eigenvalue weighted by Gasteiger charge is 2.30. The number of aryl methyl sites for hydroxylation is 2. The Morgan fingerprint density at radius 2 is 1.94 bits per heavy atom. The lowest BCUT2D eigenvalue weighted by atomic mass is 10.1. The average Bonchev–Trinajstić information content (AvgIpc) is 3.35. The zero-order valence-electron chi connectivity index (χ0n) is 20.9. The molecule has 6 nitrogen and oxygen atoms in total. The molecule has 0 unspecified atom stereocenters. The molecule has 0 saturated carbocycles. The Bertz CT molecular complexity index is 1480. The maximum Gasteiger partial charge on any atom is 0.338 e. The van der Waals surface area contributed by atoms with Crippen molar-refractivity contribution in [3.05, 3.63) is 59.9 Å². The second-order valence-electron chi connectivity index (χ2n) is 8.91. The van der Waals surface area contributed by atoms with Gasteiger partial charge in [0, 0.05) is 12.4 Å². The third kappa shape index (κ3) is 4.34. The van der Waals surface area contributed by atoms with E-state index in [1.165, 1.54) is 11.7 Å². The number of hydrogen-bond acceptors (Lipinski definition) is 4. The van der Waals surface area contributed by atoms with E-state index in [1.54, 1.807) is 62.7 Å². The second kappa shape index (κ2) is 9.37. The molecule has 2 heterocycles. The minimum Gasteiger partial charge on any atom is -0.494 e. The van der Waals surface area contributed by atoms with Crippen molar-refractivity contribution in [1.82, 2.24) is 14.1 Å². The summed E-state index contributed by atoms with van der Waals surface area (Å²) in [6, 6.07) is 8.12. The minimum atomic E-state index is -3.29. The average molecular weight is 500 g/mol. The number of halogens is 3. The molecule has 2 aromatic carbocycles. The van der Waals surface area contributed by atoms with Crippen LogP contribution in [0.25, 0.3) is 33.5 Å². The largest absolute Gasteiger partial charge is 0.494 e. The van der Waals surface area contributed by atoms with E-state index in [0.717, 1.165) is 0 Å². The number of hydrogen-bond donors (Lipinski definition) is 0. The fourth-order valence-electron chi connectivity index (χ4n) is 4.35. The van der Waals surface area contributed by atoms with E-state index < -0.39 is 24.3 Å². The number of benzene rings is 2. The Morgan fingerprint density at radius 1 is 1.22 bits per heavy atom. The number of carbonyl (C=O) groups is 1. The second-order valence-corrected chi connectivity index (χ2v) is 8.91. The van der Waals surface area contributed by atoms with Crippen LogP contribution in [0.2, 0.25) is 0 Å². The number of fused-ring (bicyclic) bond motifs is 2. The van der Waals surface area contributed by atoms with Gasteiger partial charge >= 0.3 is 5.97 Å². The quantitative estimate of drug-likeness (QED) is 0.211. The molecule has 0 fully saturated rings. The zero-order valence-corrected chi connectivity index (χ0v) is 20.9. The van der Waals surface area contributed by atoms with Crippen molar-refractivity contribution in [1.29, 1.82) is 0 Å². The Kier molecular flexibility index (Phi) is 6.60. The number of aromatic nitrogens is 3. The first-order chi connectivity index (χ1) is 17.0. The van der Waals surface area contributed by atoms with Crippen molar-refractivity contribution in [3.8, 4) is 17.3 Å². The van der Waals surface area contributed by atoms with E-state index in [2.05, 4.69) is 11.6 Å². The van der Waals surface area contributed by atoms with Gasteiger partial charge in [0.05, 0.1) is 42.0 Å². The monoisotopic (exact) mass is 499 g/mol. The standard InChI is InChI=1S/C27H28F3N3O3/c1-7-16-9-10-17-12-20(33(23(17)22(16)28)14-27(29,30)8-2)25-31-19-11-18(26(34)36-15(3)4)13-21(35-6)24(19)32(25)5/h8-13,15H,2,7,14H2,1,3-6H3. The first-order valence-electron chi connectivity index (χ1n) is 11.6. The molecule has 0 bridgehead atoms. The summed E-state index contributed by atoms with van der Waals surface area (Å²) < 4.78 is 58.3. The van der Waals surface area contributed by atoms with E-state index in [4.69, 9.17) is 9.47 Å². The number of allylic oxidation sites excluding steroid dienone is 1. The van der Waals surface area contributed by atoms with Gasteiger partial charge in [-0.1, -0.05) is 25.6 Å². The molecular weight excluding hydrogens is 471 g/mol. The summed E-state index contributed by atoms with van der Waals surface area (Å²) in [6.45, 7) is 7.71. The van der Waals surface area contributed by atoms with Crippen LogP contribution in [0.3, 0.4) is 0 Å². The van der Waals surface area contributed by atoms with Crippen molar-refractivity contribution in [2.75, 3.05) is 7.11 Å². The predicted molar refractivity (Wildman–Crippen MR) is 133 cm³/mol. The van der Waals surface area contributed by atoms with E-state index in [1.807, 2.05) is 0 Å². The molecule has 0 saturated heterocycles. The summed E-state index contributed by atoms with van der Waals surface area (Å²) in [5.74, 6) is -3.69. The summed E-state index contributed by atoms with van der Waals surface area (Å²) in [5, 5.41) is 0.472. The lowest BCUT2D eigenvalue weighted by molar-refractivity contribution is 0.0370. The molecule has 9 heteroatoms. The van der Waals surface area contributed by atoms with Crippen molar-refractivity contribution in [3.63, 3.8) is 0 Å². The van der Waals surface area contributed by atoms with Crippen LogP contribution in [0.5, 0.6) is 5.75 Å². The number of methoxy groups -OCH3 is 1. The number of carbonyl (C=O) groups excluding carboxylic acids is 1. The smallest absolute Gasteiger partial charge is 0.338 e. The van der Waals surface area contributed by atoms with Crippen molar-refractivity contribution < 1.29 is 27.4 Å². The number of esters is 1. The lowest BCUT2D eigenvalue weighted by Crippen LogP contribution is -2.22. The maximum absolute atomic E-state index is 15.4. The molecule has 2 aromatic heterocycles. The number of nitrogens with zero attached hydrogens (tertiary/aromatic N) is 3. The SMILES string of the molecule is C=CC(F)(F)Cn1c(-c2nc3cc(C(=O)OC(C)C)cc(OC)c3n2C)cc2ccc(CC)c(F)c21. The molecule has 4 aromatic rings. The number of alkyl halides is 2. The first kappa shape index (κ1) is 25.3. The molecule has 0 N–H and O–H groups in total. The lowest BCUT2D eigenvalue weighted by Gasteiger charge is -2.17. The maximum atomic E-state index is 15.4. The fourth-order valence-corrected chi connectivity index (χ4v) is 4.35. The summed E-state index contributed by atoms with van der Waals surface area (Å²) in [4.78, 5) is 17.2. The van der Waals surface area contributed by atoms with Crippen LogP contribution in [0, 0.1) is 5.82 Å². The molecule has 0 aliphatic heterocycles. The molecule has 0 spiro atoms. The Morgan fingerprint density at radius 3 is 2.56 bits per heavy atom. The predicted octanol–water partition coefficient (Wildman–Crippen LogP) is 6.29. The van der Waals surface area contributed by atoms with Crippen LogP contribution in [-0.2, 0) is 24.8 Å². The molecule has 190 valence electrons. The van der Waals surface area contributed by atoms with Crippen molar-refractivity contribution in [2.45, 2.75) is 45.8 Å². The Labute approximate surface area is 206 Å². The van der Waals surface area contributed by atoms with Gasteiger partial charge in [-0.3, -0.25) is 0 Å². The van der Waals surface area contributed by atoms with Crippen LogP contribution >= 0.6 is 0 Å². The van der Waals surface area contributed by atoms with Gasteiger partial charge in [0.25, 0.3) is 5.92 Å². The van der Waals surface area contributed by atoms with Gasteiger partial charge in [0.2, 0.25) is 0 Å². The summed E-state index contributed by atoms with van der Waals surface area (Å²) >= 11 is 0. The summed E-state index contributed by atoms with van der Waals surface area (Å²) in [5.41, 5.74) is 2.00. The molecule has 36 heavy (non-hydrogen) atoms. The third-order valence-electron chi connectivity index (χ3n) is 6.09. The van der Waals surface area contributed by atoms with Crippen LogP contribution in [-0.4, -0.2) is 39.2 Å². The van der Waals surface area contributed by atoms with E-state index in [-0.39, 0.29) is 17.2 Å². The molecule has 0 atom stereocenters. The third-order valence-corrected chi connectivity index (χ3v) is 6.09. The molecule has 4 rings (SSSR count). The van der Waals surface area contributed by atoms with Gasteiger partial charge in [-0.2, -0.15) is 0 Å². The number of rotatable bonds is 8. The molecule has 0 aliphatic carbocycles. The van der Waals surface area contributed by atoms with Gasteiger partial charge in [-0.25, -0.2) is 22.9 Å².